The monoisotopic (exact) mass is 262 g/mol. The van der Waals surface area contributed by atoms with Gasteiger partial charge in [0.1, 0.15) is 11.5 Å². The maximum atomic E-state index is 11.9. The van der Waals surface area contributed by atoms with E-state index in [1.165, 1.54) is 17.5 Å². The van der Waals surface area contributed by atoms with Crippen LogP contribution in [0.4, 0.5) is 11.5 Å². The first kappa shape index (κ1) is 12.5. The SMILES string of the molecule is CCCNc1cncc(C(=O)Nc2ccsc2)n1. The van der Waals surface area contributed by atoms with Crippen LogP contribution in [0.25, 0.3) is 0 Å². The average molecular weight is 262 g/mol. The van der Waals surface area contributed by atoms with Gasteiger partial charge in [-0.1, -0.05) is 6.92 Å². The normalized spacial score (nSPS) is 10.1. The van der Waals surface area contributed by atoms with E-state index >= 15 is 0 Å². The molecule has 1 amide bonds. The molecule has 94 valence electrons. The molecular formula is C12H14N4OS. The molecule has 6 heteroatoms. The molecule has 0 saturated heterocycles. The second-order valence-electron chi connectivity index (χ2n) is 3.68. The summed E-state index contributed by atoms with van der Waals surface area (Å²) in [5.74, 6) is 0.371. The van der Waals surface area contributed by atoms with Gasteiger partial charge in [-0.3, -0.25) is 9.78 Å². The van der Waals surface area contributed by atoms with E-state index in [0.29, 0.717) is 11.5 Å². The number of thiophene rings is 1. The summed E-state index contributed by atoms with van der Waals surface area (Å²) < 4.78 is 0. The molecule has 18 heavy (non-hydrogen) atoms. The van der Waals surface area contributed by atoms with E-state index in [-0.39, 0.29) is 5.91 Å². The third kappa shape index (κ3) is 3.27. The van der Waals surface area contributed by atoms with Gasteiger partial charge in [-0.25, -0.2) is 4.98 Å². The highest BCUT2D eigenvalue weighted by atomic mass is 32.1. The second kappa shape index (κ2) is 6.11. The van der Waals surface area contributed by atoms with Crippen LogP contribution in [0.3, 0.4) is 0 Å². The van der Waals surface area contributed by atoms with Crippen LogP contribution < -0.4 is 10.6 Å². The number of hydrogen-bond donors (Lipinski definition) is 2. The van der Waals surface area contributed by atoms with Gasteiger partial charge in [0.05, 0.1) is 18.1 Å². The molecule has 0 saturated carbocycles. The summed E-state index contributed by atoms with van der Waals surface area (Å²) in [5.41, 5.74) is 1.08. The summed E-state index contributed by atoms with van der Waals surface area (Å²) >= 11 is 1.53. The maximum absolute atomic E-state index is 11.9. The highest BCUT2D eigenvalue weighted by Crippen LogP contribution is 2.13. The fourth-order valence-corrected chi connectivity index (χ4v) is 1.93. The van der Waals surface area contributed by atoms with Crippen molar-refractivity contribution in [2.75, 3.05) is 17.2 Å². The van der Waals surface area contributed by atoms with Crippen LogP contribution in [0.15, 0.2) is 29.2 Å². The molecule has 0 bridgehead atoms. The maximum Gasteiger partial charge on any atom is 0.275 e. The smallest absolute Gasteiger partial charge is 0.275 e. The Morgan fingerprint density at radius 2 is 2.33 bits per heavy atom. The van der Waals surface area contributed by atoms with Crippen LogP contribution in [-0.4, -0.2) is 22.4 Å². The molecule has 0 fully saturated rings. The molecule has 2 N–H and O–H groups in total. The first-order chi connectivity index (χ1) is 8.79. The van der Waals surface area contributed by atoms with Crippen molar-refractivity contribution in [1.82, 2.24) is 9.97 Å². The van der Waals surface area contributed by atoms with Crippen LogP contribution >= 0.6 is 11.3 Å². The number of anilines is 2. The highest BCUT2D eigenvalue weighted by molar-refractivity contribution is 7.08. The Labute approximate surface area is 109 Å². The van der Waals surface area contributed by atoms with Crippen molar-refractivity contribution < 1.29 is 4.79 Å². The van der Waals surface area contributed by atoms with Crippen LogP contribution in [-0.2, 0) is 0 Å². The zero-order valence-corrected chi connectivity index (χ0v) is 10.8. The van der Waals surface area contributed by atoms with Crippen LogP contribution in [0.5, 0.6) is 0 Å². The van der Waals surface area contributed by atoms with Gasteiger partial charge in [-0.2, -0.15) is 11.3 Å². The summed E-state index contributed by atoms with van der Waals surface area (Å²) in [6.07, 6.45) is 4.06. The Kier molecular flexibility index (Phi) is 4.25. The molecule has 0 unspecified atom stereocenters. The lowest BCUT2D eigenvalue weighted by atomic mass is 10.4. The molecule has 5 nitrogen and oxygen atoms in total. The van der Waals surface area contributed by atoms with Crippen molar-refractivity contribution in [1.29, 1.82) is 0 Å². The van der Waals surface area contributed by atoms with E-state index in [9.17, 15) is 4.79 Å². The van der Waals surface area contributed by atoms with Crippen molar-refractivity contribution in [2.24, 2.45) is 0 Å². The zero-order valence-electron chi connectivity index (χ0n) is 10.0. The molecule has 0 spiro atoms. The summed E-state index contributed by atoms with van der Waals surface area (Å²) in [6.45, 7) is 2.87. The Balaban J connectivity index is 2.05. The quantitative estimate of drug-likeness (QED) is 0.869. The average Bonchev–Trinajstić information content (AvgIpc) is 2.89. The summed E-state index contributed by atoms with van der Waals surface area (Å²) in [4.78, 5) is 20.1. The molecule has 0 aliphatic rings. The molecule has 2 aromatic heterocycles. The highest BCUT2D eigenvalue weighted by Gasteiger charge is 2.09. The van der Waals surface area contributed by atoms with Crippen molar-refractivity contribution >= 4 is 28.7 Å². The first-order valence-corrected chi connectivity index (χ1v) is 6.63. The molecule has 0 aromatic carbocycles. The predicted octanol–water partition coefficient (Wildman–Crippen LogP) is 2.61. The third-order valence-corrected chi connectivity index (χ3v) is 2.89. The van der Waals surface area contributed by atoms with E-state index in [1.54, 1.807) is 6.20 Å². The van der Waals surface area contributed by atoms with Crippen molar-refractivity contribution in [2.45, 2.75) is 13.3 Å². The molecule has 2 aromatic rings. The molecule has 0 radical (unpaired) electrons. The molecular weight excluding hydrogens is 248 g/mol. The second-order valence-corrected chi connectivity index (χ2v) is 4.46. The van der Waals surface area contributed by atoms with Gasteiger partial charge in [0, 0.05) is 11.9 Å². The fraction of sp³-hybridized carbons (Fsp3) is 0.250. The topological polar surface area (TPSA) is 66.9 Å². The number of amides is 1. The number of carbonyl (C=O) groups excluding carboxylic acids is 1. The fourth-order valence-electron chi connectivity index (χ4n) is 1.34. The van der Waals surface area contributed by atoms with Crippen molar-refractivity contribution in [3.8, 4) is 0 Å². The van der Waals surface area contributed by atoms with E-state index in [0.717, 1.165) is 18.7 Å². The van der Waals surface area contributed by atoms with Gasteiger partial charge in [0.15, 0.2) is 0 Å². The number of carbonyl (C=O) groups is 1. The number of rotatable bonds is 5. The molecule has 2 rings (SSSR count). The standard InChI is InChI=1S/C12H14N4OS/c1-2-4-14-11-7-13-6-10(16-11)12(17)15-9-3-5-18-8-9/h3,5-8H,2,4H2,1H3,(H,14,16)(H,15,17). The number of nitrogens with one attached hydrogen (secondary N) is 2. The van der Waals surface area contributed by atoms with E-state index in [1.807, 2.05) is 16.8 Å². The number of nitrogens with zero attached hydrogens (tertiary/aromatic N) is 2. The number of aromatic nitrogens is 2. The minimum Gasteiger partial charge on any atom is -0.369 e. The lowest BCUT2D eigenvalue weighted by Crippen LogP contribution is -2.15. The molecule has 0 atom stereocenters. The van der Waals surface area contributed by atoms with Gasteiger partial charge in [-0.05, 0) is 17.9 Å². The van der Waals surface area contributed by atoms with Crippen molar-refractivity contribution in [3.63, 3.8) is 0 Å². The lowest BCUT2D eigenvalue weighted by molar-refractivity contribution is 0.102. The van der Waals surface area contributed by atoms with Gasteiger partial charge in [0.25, 0.3) is 5.91 Å². The molecule has 0 aliphatic carbocycles. The Bertz CT molecular complexity index is 513. The summed E-state index contributed by atoms with van der Waals surface area (Å²) in [7, 11) is 0. The van der Waals surface area contributed by atoms with E-state index in [2.05, 4.69) is 27.5 Å². The largest absolute Gasteiger partial charge is 0.369 e. The predicted molar refractivity (Wildman–Crippen MR) is 73.1 cm³/mol. The zero-order chi connectivity index (χ0) is 12.8. The first-order valence-electron chi connectivity index (χ1n) is 5.69. The van der Waals surface area contributed by atoms with Crippen LogP contribution in [0.1, 0.15) is 23.8 Å². The summed E-state index contributed by atoms with van der Waals surface area (Å²) in [6, 6.07) is 1.84. The number of hydrogen-bond acceptors (Lipinski definition) is 5. The van der Waals surface area contributed by atoms with Crippen LogP contribution in [0.2, 0.25) is 0 Å². The Hall–Kier alpha value is -1.95. The third-order valence-electron chi connectivity index (χ3n) is 2.20. The summed E-state index contributed by atoms with van der Waals surface area (Å²) in [5, 5.41) is 9.63. The molecule has 2 heterocycles. The van der Waals surface area contributed by atoms with Crippen LogP contribution in [0, 0.1) is 0 Å². The van der Waals surface area contributed by atoms with Crippen molar-refractivity contribution in [3.05, 3.63) is 34.9 Å². The Morgan fingerprint density at radius 3 is 3.06 bits per heavy atom. The van der Waals surface area contributed by atoms with Gasteiger partial charge in [0.2, 0.25) is 0 Å². The van der Waals surface area contributed by atoms with Gasteiger partial charge >= 0.3 is 0 Å². The lowest BCUT2D eigenvalue weighted by Gasteiger charge is -2.05. The van der Waals surface area contributed by atoms with Gasteiger partial charge in [-0.15, -0.1) is 0 Å². The minimum atomic E-state index is -0.249. The minimum absolute atomic E-state index is 0.249. The Morgan fingerprint density at radius 1 is 1.44 bits per heavy atom. The van der Waals surface area contributed by atoms with Gasteiger partial charge < -0.3 is 10.6 Å². The van der Waals surface area contributed by atoms with E-state index in [4.69, 9.17) is 0 Å². The van der Waals surface area contributed by atoms with E-state index < -0.39 is 0 Å². The molecule has 0 aliphatic heterocycles.